The van der Waals surface area contributed by atoms with E-state index >= 15 is 0 Å². The molecular weight excluding hydrogens is 377 g/mol. The van der Waals surface area contributed by atoms with Crippen molar-refractivity contribution in [3.05, 3.63) is 47.3 Å². The molecule has 1 aromatic carbocycles. The summed E-state index contributed by atoms with van der Waals surface area (Å²) in [7, 11) is 0. The summed E-state index contributed by atoms with van der Waals surface area (Å²) in [6, 6.07) is 3.23. The average Bonchev–Trinajstić information content (AvgIpc) is 2.81. The fourth-order valence-electron chi connectivity index (χ4n) is 2.74. The molecule has 3 rings (SSSR count). The number of aromatic nitrogens is 2. The van der Waals surface area contributed by atoms with Crippen LogP contribution in [0.15, 0.2) is 30.6 Å². The van der Waals surface area contributed by atoms with E-state index in [-0.39, 0.29) is 23.9 Å². The molecule has 0 atom stereocenters. The maximum absolute atomic E-state index is 13.2. The van der Waals surface area contributed by atoms with Gasteiger partial charge in [-0.25, -0.2) is 14.8 Å². The van der Waals surface area contributed by atoms with E-state index in [1.54, 1.807) is 26.8 Å². The van der Waals surface area contributed by atoms with Gasteiger partial charge in [-0.15, -0.1) is 0 Å². The van der Waals surface area contributed by atoms with Gasteiger partial charge in [-0.1, -0.05) is 12.1 Å². The van der Waals surface area contributed by atoms with E-state index in [0.29, 0.717) is 5.56 Å². The van der Waals surface area contributed by atoms with Gasteiger partial charge >= 0.3 is 12.2 Å². The first kappa shape index (κ1) is 19.6. The zero-order valence-corrected chi connectivity index (χ0v) is 15.3. The third-order valence-electron chi connectivity index (χ3n) is 4.27. The number of benzene rings is 1. The third kappa shape index (κ3) is 3.62. The number of carbonyl (C=O) groups is 2. The molecule has 1 fully saturated rings. The number of halogens is 3. The number of anilines is 1. The highest BCUT2D eigenvalue weighted by Gasteiger charge is 2.46. The average molecular weight is 394 g/mol. The Morgan fingerprint density at radius 1 is 1.18 bits per heavy atom. The first-order valence-corrected chi connectivity index (χ1v) is 8.28. The van der Waals surface area contributed by atoms with Crippen molar-refractivity contribution in [1.82, 2.24) is 15.3 Å². The van der Waals surface area contributed by atoms with Crippen LogP contribution in [0.2, 0.25) is 0 Å². The van der Waals surface area contributed by atoms with Crippen LogP contribution < -0.4 is 15.0 Å². The van der Waals surface area contributed by atoms with Crippen LogP contribution in [0.4, 0.5) is 23.9 Å². The maximum Gasteiger partial charge on any atom is 0.416 e. The molecule has 0 spiro atoms. The molecule has 2 aromatic rings. The van der Waals surface area contributed by atoms with Crippen molar-refractivity contribution >= 4 is 17.9 Å². The molecule has 2 heterocycles. The molecule has 0 bridgehead atoms. The number of urea groups is 1. The molecule has 7 nitrogen and oxygen atoms in total. The predicted molar refractivity (Wildman–Crippen MR) is 92.6 cm³/mol. The molecule has 0 aliphatic carbocycles. The summed E-state index contributed by atoms with van der Waals surface area (Å²) in [4.78, 5) is 32.8. The van der Waals surface area contributed by atoms with Gasteiger partial charge in [0, 0.05) is 5.56 Å². The zero-order chi connectivity index (χ0) is 20.7. The van der Waals surface area contributed by atoms with Crippen molar-refractivity contribution < 1.29 is 27.5 Å². The maximum atomic E-state index is 13.2. The van der Waals surface area contributed by atoms with Gasteiger partial charge in [0.15, 0.2) is 5.75 Å². The summed E-state index contributed by atoms with van der Waals surface area (Å²) in [5.41, 5.74) is -1.40. The highest BCUT2D eigenvalue weighted by Crippen LogP contribution is 2.33. The fourth-order valence-corrected chi connectivity index (χ4v) is 2.74. The second-order valence-electron chi connectivity index (χ2n) is 6.80. The lowest BCUT2D eigenvalue weighted by atomic mass is 10.0. The SMILES string of the molecule is Cc1cccc(C(F)(F)F)c1COc1cnc(N2C(=O)NC(C)(C)C2=O)nc1. The second-order valence-corrected chi connectivity index (χ2v) is 6.80. The van der Waals surface area contributed by atoms with Gasteiger partial charge in [-0.3, -0.25) is 4.79 Å². The molecule has 0 saturated carbocycles. The number of ether oxygens (including phenoxy) is 1. The molecule has 1 aliphatic heterocycles. The van der Waals surface area contributed by atoms with Gasteiger partial charge in [0.25, 0.3) is 5.91 Å². The minimum absolute atomic E-state index is 0.00919. The number of amides is 3. The van der Waals surface area contributed by atoms with E-state index < -0.39 is 29.2 Å². The van der Waals surface area contributed by atoms with Gasteiger partial charge in [0.05, 0.1) is 18.0 Å². The van der Waals surface area contributed by atoms with E-state index in [0.717, 1.165) is 11.0 Å². The number of hydrogen-bond acceptors (Lipinski definition) is 5. The van der Waals surface area contributed by atoms with Crippen LogP contribution in [0.25, 0.3) is 0 Å². The summed E-state index contributed by atoms with van der Waals surface area (Å²) in [6.45, 7) is 4.32. The van der Waals surface area contributed by atoms with Crippen LogP contribution in [0, 0.1) is 6.92 Å². The first-order valence-electron chi connectivity index (χ1n) is 8.28. The van der Waals surface area contributed by atoms with Gasteiger partial charge in [0.1, 0.15) is 12.1 Å². The van der Waals surface area contributed by atoms with Crippen molar-refractivity contribution in [2.24, 2.45) is 0 Å². The number of nitrogens with one attached hydrogen (secondary N) is 1. The summed E-state index contributed by atoms with van der Waals surface area (Å²) in [5, 5.41) is 2.50. The highest BCUT2D eigenvalue weighted by atomic mass is 19.4. The molecule has 28 heavy (non-hydrogen) atoms. The van der Waals surface area contributed by atoms with E-state index in [2.05, 4.69) is 15.3 Å². The fraction of sp³-hybridized carbons (Fsp3) is 0.333. The first-order chi connectivity index (χ1) is 13.0. The van der Waals surface area contributed by atoms with Crippen LogP contribution in [0.5, 0.6) is 5.75 Å². The molecule has 3 amide bonds. The Morgan fingerprint density at radius 2 is 1.82 bits per heavy atom. The number of aryl methyl sites for hydroxylation is 1. The molecule has 1 saturated heterocycles. The summed E-state index contributed by atoms with van der Waals surface area (Å²) >= 11 is 0. The van der Waals surface area contributed by atoms with E-state index in [9.17, 15) is 22.8 Å². The molecule has 10 heteroatoms. The van der Waals surface area contributed by atoms with Crippen molar-refractivity contribution in [2.75, 3.05) is 4.90 Å². The quantitative estimate of drug-likeness (QED) is 0.805. The standard InChI is InChI=1S/C18H17F3N4O3/c1-10-5-4-6-13(18(19,20)21)12(10)9-28-11-7-22-15(23-8-11)25-14(26)17(2,3)24-16(25)27/h4-8H,9H2,1-3H3,(H,24,27). The molecule has 1 aliphatic rings. The highest BCUT2D eigenvalue weighted by molar-refractivity contribution is 6.22. The Morgan fingerprint density at radius 3 is 2.36 bits per heavy atom. The minimum Gasteiger partial charge on any atom is -0.486 e. The van der Waals surface area contributed by atoms with E-state index in [4.69, 9.17) is 4.74 Å². The van der Waals surface area contributed by atoms with Crippen molar-refractivity contribution in [2.45, 2.75) is 39.1 Å². The monoisotopic (exact) mass is 394 g/mol. The van der Waals surface area contributed by atoms with Crippen LogP contribution in [0.3, 0.4) is 0 Å². The number of imide groups is 1. The van der Waals surface area contributed by atoms with E-state index in [1.807, 2.05) is 0 Å². The Kier molecular flexibility index (Phi) is 4.74. The lowest BCUT2D eigenvalue weighted by Gasteiger charge is -2.16. The normalized spacial score (nSPS) is 16.3. The van der Waals surface area contributed by atoms with Crippen LogP contribution >= 0.6 is 0 Å². The Bertz CT molecular complexity index is 927. The van der Waals surface area contributed by atoms with Gasteiger partial charge < -0.3 is 10.1 Å². The number of alkyl halides is 3. The second kappa shape index (κ2) is 6.77. The Hall–Kier alpha value is -3.17. The third-order valence-corrected chi connectivity index (χ3v) is 4.27. The molecule has 0 radical (unpaired) electrons. The number of hydrogen-bond donors (Lipinski definition) is 1. The van der Waals surface area contributed by atoms with Gasteiger partial charge in [-0.2, -0.15) is 18.1 Å². The lowest BCUT2D eigenvalue weighted by molar-refractivity contribution is -0.138. The number of carbonyl (C=O) groups excluding carboxylic acids is 2. The Balaban J connectivity index is 1.77. The smallest absolute Gasteiger partial charge is 0.416 e. The van der Waals surface area contributed by atoms with E-state index in [1.165, 1.54) is 18.5 Å². The van der Waals surface area contributed by atoms with Crippen molar-refractivity contribution in [3.8, 4) is 5.75 Å². The summed E-state index contributed by atoms with van der Waals surface area (Å²) in [6.07, 6.45) is -2.11. The summed E-state index contributed by atoms with van der Waals surface area (Å²) < 4.78 is 44.9. The molecule has 0 unspecified atom stereocenters. The van der Waals surface area contributed by atoms with Crippen LogP contribution in [0.1, 0.15) is 30.5 Å². The summed E-state index contributed by atoms with van der Waals surface area (Å²) in [5.74, 6) is -0.556. The Labute approximate surface area is 158 Å². The molecule has 1 N–H and O–H groups in total. The number of nitrogens with zero attached hydrogens (tertiary/aromatic N) is 3. The van der Waals surface area contributed by atoms with Crippen LogP contribution in [-0.4, -0.2) is 27.4 Å². The molecule has 1 aromatic heterocycles. The predicted octanol–water partition coefficient (Wildman–Crippen LogP) is 3.22. The lowest BCUT2D eigenvalue weighted by Crippen LogP contribution is -2.40. The molecule has 148 valence electrons. The zero-order valence-electron chi connectivity index (χ0n) is 15.3. The number of rotatable bonds is 4. The largest absolute Gasteiger partial charge is 0.486 e. The van der Waals surface area contributed by atoms with Crippen molar-refractivity contribution in [3.63, 3.8) is 0 Å². The topological polar surface area (TPSA) is 84.4 Å². The minimum atomic E-state index is -4.50. The van der Waals surface area contributed by atoms with Crippen LogP contribution in [-0.2, 0) is 17.6 Å². The molecular formula is C18H17F3N4O3. The van der Waals surface area contributed by atoms with Crippen molar-refractivity contribution in [1.29, 1.82) is 0 Å². The van der Waals surface area contributed by atoms with Gasteiger partial charge in [0.2, 0.25) is 5.95 Å². The van der Waals surface area contributed by atoms with Gasteiger partial charge in [-0.05, 0) is 32.4 Å².